The molecule has 0 bridgehead atoms. The minimum Gasteiger partial charge on any atom is -0.134 e. The van der Waals surface area contributed by atoms with Crippen LogP contribution in [0, 0.1) is 0 Å². The molecule has 0 amide bonds. The van der Waals surface area contributed by atoms with E-state index in [1.54, 1.807) is 0 Å². The van der Waals surface area contributed by atoms with Gasteiger partial charge in [-0.05, 0) is 94.5 Å². The molecule has 0 aliphatic rings. The lowest BCUT2D eigenvalue weighted by Crippen LogP contribution is -1.84. The average Bonchev–Trinajstić information content (AvgIpc) is 3.81. The van der Waals surface area contributed by atoms with Crippen LogP contribution in [0.15, 0.2) is 121 Å². The zero-order valence-corrected chi connectivity index (χ0v) is 28.5. The molecular weight excluding hydrogens is 593 g/mol. The first-order valence-corrected chi connectivity index (χ1v) is 18.2. The molecule has 2 heteroatoms. The highest BCUT2D eigenvalue weighted by Crippen LogP contribution is 2.40. The van der Waals surface area contributed by atoms with Crippen LogP contribution in [0.4, 0.5) is 0 Å². The zero-order valence-electron chi connectivity index (χ0n) is 26.9. The van der Waals surface area contributed by atoms with E-state index in [9.17, 15) is 0 Å². The Kier molecular flexibility index (Phi) is 10.9. The van der Waals surface area contributed by atoms with Crippen molar-refractivity contribution in [3.05, 3.63) is 155 Å². The van der Waals surface area contributed by atoms with Gasteiger partial charge in [-0.3, -0.25) is 0 Å². The molecule has 0 unspecified atom stereocenters. The topological polar surface area (TPSA) is 0 Å². The molecule has 6 rings (SSSR count). The fourth-order valence-corrected chi connectivity index (χ4v) is 7.62. The SMILES string of the molecule is CCCCc1ccc(/C=C/c2ccc(-c3ccc(-c4ccc(-c5ccc(/C=C/c6ccc(CCCC)cc6)cc5)s4)s3)cc2)cc1. The van der Waals surface area contributed by atoms with Gasteiger partial charge in [0.1, 0.15) is 0 Å². The van der Waals surface area contributed by atoms with E-state index >= 15 is 0 Å². The van der Waals surface area contributed by atoms with Gasteiger partial charge in [0, 0.05) is 19.5 Å². The number of thiophene rings is 2. The summed E-state index contributed by atoms with van der Waals surface area (Å²) in [6.45, 7) is 4.49. The quantitative estimate of drug-likeness (QED) is 0.111. The summed E-state index contributed by atoms with van der Waals surface area (Å²) in [6.07, 6.45) is 16.1. The smallest absolute Gasteiger partial charge is 0.0449 e. The van der Waals surface area contributed by atoms with Crippen molar-refractivity contribution in [2.75, 3.05) is 0 Å². The van der Waals surface area contributed by atoms with Gasteiger partial charge < -0.3 is 0 Å². The van der Waals surface area contributed by atoms with Crippen molar-refractivity contribution in [2.24, 2.45) is 0 Å². The summed E-state index contributed by atoms with van der Waals surface area (Å²) in [5.74, 6) is 0. The highest BCUT2D eigenvalue weighted by molar-refractivity contribution is 7.25. The first kappa shape index (κ1) is 31.7. The van der Waals surface area contributed by atoms with Crippen LogP contribution in [0.2, 0.25) is 0 Å². The molecule has 230 valence electrons. The third-order valence-corrected chi connectivity index (χ3v) is 10.8. The molecule has 0 aliphatic carbocycles. The molecule has 6 aromatic rings. The minimum atomic E-state index is 1.17. The maximum absolute atomic E-state index is 2.26. The fraction of sp³-hybridized carbons (Fsp3) is 0.182. The third kappa shape index (κ3) is 8.51. The second-order valence-electron chi connectivity index (χ2n) is 11.9. The molecule has 0 spiro atoms. The van der Waals surface area contributed by atoms with E-state index < -0.39 is 0 Å². The highest BCUT2D eigenvalue weighted by Gasteiger charge is 2.09. The van der Waals surface area contributed by atoms with Gasteiger partial charge in [0.2, 0.25) is 0 Å². The van der Waals surface area contributed by atoms with Crippen LogP contribution in [-0.4, -0.2) is 0 Å². The monoisotopic (exact) mass is 634 g/mol. The van der Waals surface area contributed by atoms with Gasteiger partial charge in [0.15, 0.2) is 0 Å². The first-order valence-electron chi connectivity index (χ1n) is 16.6. The molecule has 46 heavy (non-hydrogen) atoms. The molecule has 0 saturated carbocycles. The van der Waals surface area contributed by atoms with E-state index in [1.165, 1.54) is 103 Å². The Bertz CT molecular complexity index is 1720. The Labute approximate surface area is 283 Å². The molecule has 0 N–H and O–H groups in total. The molecule has 0 saturated heterocycles. The molecule has 2 heterocycles. The van der Waals surface area contributed by atoms with Crippen molar-refractivity contribution in [3.8, 4) is 30.6 Å². The van der Waals surface area contributed by atoms with Crippen LogP contribution in [0.5, 0.6) is 0 Å². The van der Waals surface area contributed by atoms with Crippen LogP contribution in [0.25, 0.3) is 54.9 Å². The van der Waals surface area contributed by atoms with E-state index in [0.717, 1.165) is 0 Å². The lowest BCUT2D eigenvalue weighted by Gasteiger charge is -2.01. The summed E-state index contributed by atoms with van der Waals surface area (Å²) in [5.41, 5.74) is 10.3. The molecule has 4 aromatic carbocycles. The maximum atomic E-state index is 2.26. The van der Waals surface area contributed by atoms with Crippen LogP contribution in [-0.2, 0) is 12.8 Å². The van der Waals surface area contributed by atoms with E-state index in [0.29, 0.717) is 0 Å². The predicted octanol–water partition coefficient (Wildman–Crippen LogP) is 13.8. The summed E-state index contributed by atoms with van der Waals surface area (Å²) in [6, 6.07) is 44.8. The lowest BCUT2D eigenvalue weighted by atomic mass is 10.1. The summed E-state index contributed by atoms with van der Waals surface area (Å²) in [7, 11) is 0. The van der Waals surface area contributed by atoms with Crippen LogP contribution in [0.1, 0.15) is 72.9 Å². The lowest BCUT2D eigenvalue weighted by molar-refractivity contribution is 0.795. The third-order valence-electron chi connectivity index (χ3n) is 8.38. The molecule has 0 aliphatic heterocycles. The number of benzene rings is 4. The van der Waals surface area contributed by atoms with Gasteiger partial charge in [-0.25, -0.2) is 0 Å². The Balaban J connectivity index is 1.06. The Hall–Kier alpha value is -4.24. The minimum absolute atomic E-state index is 1.17. The van der Waals surface area contributed by atoms with Crippen molar-refractivity contribution in [1.29, 1.82) is 0 Å². The molecule has 0 atom stereocenters. The van der Waals surface area contributed by atoms with Gasteiger partial charge in [0.05, 0.1) is 0 Å². The Morgan fingerprint density at radius 3 is 1.00 bits per heavy atom. The summed E-state index contributed by atoms with van der Waals surface area (Å²) in [4.78, 5) is 5.24. The number of hydrogen-bond donors (Lipinski definition) is 0. The molecule has 0 radical (unpaired) electrons. The Morgan fingerprint density at radius 1 is 0.370 bits per heavy atom. The molecule has 0 nitrogen and oxygen atoms in total. The van der Waals surface area contributed by atoms with Gasteiger partial charge in [-0.1, -0.05) is 148 Å². The van der Waals surface area contributed by atoms with Crippen LogP contribution >= 0.6 is 22.7 Å². The van der Waals surface area contributed by atoms with E-state index in [1.807, 2.05) is 22.7 Å². The van der Waals surface area contributed by atoms with E-state index in [4.69, 9.17) is 0 Å². The standard InChI is InChI=1S/C44H42S2/c1-3-5-7-33-9-13-35(14-10-33)17-19-37-21-25-39(26-22-37)41-29-31-43(45-41)44-32-30-42(46-44)40-27-23-38(24-28-40)20-18-36-15-11-34(12-16-36)8-6-4-2/h9-32H,3-8H2,1-2H3/b19-17+,20-18+. The van der Waals surface area contributed by atoms with Crippen molar-refractivity contribution in [1.82, 2.24) is 0 Å². The molecule has 0 fully saturated rings. The maximum Gasteiger partial charge on any atom is 0.0449 e. The number of rotatable bonds is 13. The largest absolute Gasteiger partial charge is 0.134 e. The zero-order chi connectivity index (χ0) is 31.6. The second-order valence-corrected chi connectivity index (χ2v) is 14.1. The summed E-state index contributed by atoms with van der Waals surface area (Å²) >= 11 is 3.73. The van der Waals surface area contributed by atoms with Crippen LogP contribution < -0.4 is 0 Å². The highest BCUT2D eigenvalue weighted by atomic mass is 32.1. The van der Waals surface area contributed by atoms with Crippen molar-refractivity contribution in [2.45, 2.75) is 52.4 Å². The van der Waals surface area contributed by atoms with Crippen molar-refractivity contribution < 1.29 is 0 Å². The summed E-state index contributed by atoms with van der Waals surface area (Å²) in [5, 5.41) is 0. The second kappa shape index (κ2) is 15.9. The first-order chi connectivity index (χ1) is 22.7. The van der Waals surface area contributed by atoms with Crippen LogP contribution in [0.3, 0.4) is 0 Å². The molecule has 2 aromatic heterocycles. The van der Waals surface area contributed by atoms with Gasteiger partial charge >= 0.3 is 0 Å². The molecular formula is C44H42S2. The summed E-state index contributed by atoms with van der Waals surface area (Å²) < 4.78 is 0. The predicted molar refractivity (Wildman–Crippen MR) is 206 cm³/mol. The normalized spacial score (nSPS) is 11.6. The Morgan fingerprint density at radius 2 is 0.674 bits per heavy atom. The van der Waals surface area contributed by atoms with Gasteiger partial charge in [-0.15, -0.1) is 22.7 Å². The van der Waals surface area contributed by atoms with Gasteiger partial charge in [-0.2, -0.15) is 0 Å². The van der Waals surface area contributed by atoms with Crippen molar-refractivity contribution in [3.63, 3.8) is 0 Å². The number of hydrogen-bond acceptors (Lipinski definition) is 2. The van der Waals surface area contributed by atoms with Gasteiger partial charge in [0.25, 0.3) is 0 Å². The number of unbranched alkanes of at least 4 members (excludes halogenated alkanes) is 2. The van der Waals surface area contributed by atoms with E-state index in [2.05, 4.69) is 159 Å². The average molecular weight is 635 g/mol. The fourth-order valence-electron chi connectivity index (χ4n) is 5.51. The van der Waals surface area contributed by atoms with Crippen molar-refractivity contribution >= 4 is 47.0 Å². The number of aryl methyl sites for hydroxylation is 2. The van der Waals surface area contributed by atoms with E-state index in [-0.39, 0.29) is 0 Å².